The lowest BCUT2D eigenvalue weighted by Crippen LogP contribution is -2.32. The molecule has 0 fully saturated rings. The normalized spacial score (nSPS) is 14.0. The second-order valence-electron chi connectivity index (χ2n) is 3.39. The minimum Gasteiger partial charge on any atom is -0.383 e. The van der Waals surface area contributed by atoms with Gasteiger partial charge in [0, 0.05) is 11.6 Å². The maximum Gasteiger partial charge on any atom is 0.253 e. The van der Waals surface area contributed by atoms with Crippen LogP contribution in [0.15, 0.2) is 43.0 Å². The topological polar surface area (TPSA) is 49.3 Å². The number of anilines is 1. The molecule has 0 unspecified atom stereocenters. The molecule has 3 nitrogen and oxygen atoms in total. The smallest absolute Gasteiger partial charge is 0.253 e. The third kappa shape index (κ3) is 3.22. The first-order valence-electron chi connectivity index (χ1n) is 4.81. The van der Waals surface area contributed by atoms with E-state index in [-0.39, 0.29) is 5.92 Å². The molecular weight excluding hydrogens is 190 g/mol. The van der Waals surface area contributed by atoms with Gasteiger partial charge in [-0.3, -0.25) is 4.79 Å². The molecule has 0 spiro atoms. The molecule has 2 atom stereocenters. The van der Waals surface area contributed by atoms with Gasteiger partial charge in [-0.25, -0.2) is 0 Å². The number of para-hydroxylation sites is 1. The van der Waals surface area contributed by atoms with Crippen molar-refractivity contribution in [3.05, 3.63) is 43.0 Å². The standard InChI is InChI=1S/C12H15NO2/c1-3-9(2)11(14)12(15)13-10-7-5-4-6-8-10/h3-9,11,14H,1H2,2H3,(H,13,15)/t9-,11+/m0/s1. The van der Waals surface area contributed by atoms with E-state index in [1.54, 1.807) is 25.1 Å². The molecule has 1 rings (SSSR count). The van der Waals surface area contributed by atoms with Crippen LogP contribution in [-0.2, 0) is 4.79 Å². The first kappa shape index (κ1) is 11.5. The molecule has 2 N–H and O–H groups in total. The molecule has 80 valence electrons. The summed E-state index contributed by atoms with van der Waals surface area (Å²) in [4.78, 5) is 11.5. The molecule has 1 amide bonds. The Morgan fingerprint density at radius 3 is 2.60 bits per heavy atom. The van der Waals surface area contributed by atoms with E-state index in [4.69, 9.17) is 0 Å². The summed E-state index contributed by atoms with van der Waals surface area (Å²) in [6.07, 6.45) is 0.498. The van der Waals surface area contributed by atoms with Gasteiger partial charge in [0.05, 0.1) is 0 Å². The van der Waals surface area contributed by atoms with Crippen molar-refractivity contribution in [2.24, 2.45) is 5.92 Å². The molecule has 0 heterocycles. The maximum absolute atomic E-state index is 11.5. The fourth-order valence-electron chi connectivity index (χ4n) is 1.11. The molecule has 0 bridgehead atoms. The Kier molecular flexibility index (Phi) is 4.06. The Hall–Kier alpha value is -1.61. The average molecular weight is 205 g/mol. The molecule has 0 saturated heterocycles. The van der Waals surface area contributed by atoms with E-state index in [0.717, 1.165) is 0 Å². The van der Waals surface area contributed by atoms with Gasteiger partial charge in [-0.05, 0) is 12.1 Å². The Balaban J connectivity index is 2.60. The number of hydrogen-bond donors (Lipinski definition) is 2. The van der Waals surface area contributed by atoms with Gasteiger partial charge < -0.3 is 10.4 Å². The molecule has 0 aromatic heterocycles. The van der Waals surface area contributed by atoms with Crippen molar-refractivity contribution in [1.82, 2.24) is 0 Å². The Bertz CT molecular complexity index is 335. The van der Waals surface area contributed by atoms with Crippen LogP contribution in [0.5, 0.6) is 0 Å². The molecular formula is C12H15NO2. The van der Waals surface area contributed by atoms with Gasteiger partial charge >= 0.3 is 0 Å². The third-order valence-corrected chi connectivity index (χ3v) is 2.18. The lowest BCUT2D eigenvalue weighted by Gasteiger charge is -2.14. The predicted octanol–water partition coefficient (Wildman–Crippen LogP) is 1.81. The Morgan fingerprint density at radius 2 is 2.07 bits per heavy atom. The van der Waals surface area contributed by atoms with Crippen LogP contribution < -0.4 is 5.32 Å². The summed E-state index contributed by atoms with van der Waals surface area (Å²) in [5.74, 6) is -0.665. The van der Waals surface area contributed by atoms with E-state index >= 15 is 0 Å². The highest BCUT2D eigenvalue weighted by Crippen LogP contribution is 2.09. The fourth-order valence-corrected chi connectivity index (χ4v) is 1.11. The van der Waals surface area contributed by atoms with Crippen LogP contribution in [0.2, 0.25) is 0 Å². The lowest BCUT2D eigenvalue weighted by molar-refractivity contribution is -0.125. The van der Waals surface area contributed by atoms with Crippen molar-refractivity contribution in [3.8, 4) is 0 Å². The fraction of sp³-hybridized carbons (Fsp3) is 0.250. The highest BCUT2D eigenvalue weighted by molar-refractivity contribution is 5.94. The monoisotopic (exact) mass is 205 g/mol. The minimum absolute atomic E-state index is 0.256. The zero-order chi connectivity index (χ0) is 11.3. The molecule has 1 aromatic carbocycles. The lowest BCUT2D eigenvalue weighted by atomic mass is 10.0. The van der Waals surface area contributed by atoms with Crippen LogP contribution in [0.1, 0.15) is 6.92 Å². The van der Waals surface area contributed by atoms with Gasteiger partial charge in [-0.2, -0.15) is 0 Å². The van der Waals surface area contributed by atoms with Crippen LogP contribution in [0, 0.1) is 5.92 Å². The highest BCUT2D eigenvalue weighted by Gasteiger charge is 2.19. The van der Waals surface area contributed by atoms with Crippen molar-refractivity contribution in [2.75, 3.05) is 5.32 Å². The quantitative estimate of drug-likeness (QED) is 0.736. The van der Waals surface area contributed by atoms with E-state index in [1.165, 1.54) is 0 Å². The molecule has 0 aliphatic rings. The third-order valence-electron chi connectivity index (χ3n) is 2.18. The summed E-state index contributed by atoms with van der Waals surface area (Å²) < 4.78 is 0. The number of aliphatic hydroxyl groups excluding tert-OH is 1. The van der Waals surface area contributed by atoms with Crippen LogP contribution in [-0.4, -0.2) is 17.1 Å². The number of carbonyl (C=O) groups is 1. The summed E-state index contributed by atoms with van der Waals surface area (Å²) in [6.45, 7) is 5.27. The van der Waals surface area contributed by atoms with Gasteiger partial charge in [0.25, 0.3) is 5.91 Å². The first-order valence-corrected chi connectivity index (χ1v) is 4.81. The molecule has 0 aliphatic heterocycles. The second kappa shape index (κ2) is 5.32. The molecule has 15 heavy (non-hydrogen) atoms. The van der Waals surface area contributed by atoms with Crippen molar-refractivity contribution >= 4 is 11.6 Å². The van der Waals surface area contributed by atoms with E-state index in [1.807, 2.05) is 18.2 Å². The number of benzene rings is 1. The number of nitrogens with one attached hydrogen (secondary N) is 1. The van der Waals surface area contributed by atoms with E-state index in [2.05, 4.69) is 11.9 Å². The summed E-state index contributed by atoms with van der Waals surface area (Å²) in [5.41, 5.74) is 0.679. The van der Waals surface area contributed by atoms with Gasteiger partial charge in [-0.1, -0.05) is 31.2 Å². The summed E-state index contributed by atoms with van der Waals surface area (Å²) >= 11 is 0. The minimum atomic E-state index is -1.05. The largest absolute Gasteiger partial charge is 0.383 e. The predicted molar refractivity (Wildman–Crippen MR) is 60.4 cm³/mol. The van der Waals surface area contributed by atoms with E-state index in [0.29, 0.717) is 5.69 Å². The Labute approximate surface area is 89.4 Å². The summed E-state index contributed by atoms with van der Waals surface area (Å²) in [5, 5.41) is 12.2. The molecule has 3 heteroatoms. The van der Waals surface area contributed by atoms with Gasteiger partial charge in [0.15, 0.2) is 0 Å². The number of carbonyl (C=O) groups excluding carboxylic acids is 1. The Morgan fingerprint density at radius 1 is 1.47 bits per heavy atom. The van der Waals surface area contributed by atoms with Crippen LogP contribution in [0.25, 0.3) is 0 Å². The van der Waals surface area contributed by atoms with Crippen LogP contribution >= 0.6 is 0 Å². The van der Waals surface area contributed by atoms with Gasteiger partial charge in [-0.15, -0.1) is 6.58 Å². The zero-order valence-electron chi connectivity index (χ0n) is 8.68. The molecule has 0 saturated carbocycles. The molecule has 1 aromatic rings. The van der Waals surface area contributed by atoms with E-state index < -0.39 is 12.0 Å². The van der Waals surface area contributed by atoms with Crippen molar-refractivity contribution < 1.29 is 9.90 Å². The number of hydrogen-bond acceptors (Lipinski definition) is 2. The average Bonchev–Trinajstić information content (AvgIpc) is 2.28. The number of amides is 1. The van der Waals surface area contributed by atoms with Gasteiger partial charge in [0.1, 0.15) is 6.10 Å². The van der Waals surface area contributed by atoms with Gasteiger partial charge in [0.2, 0.25) is 0 Å². The molecule has 0 aliphatic carbocycles. The van der Waals surface area contributed by atoms with Crippen LogP contribution in [0.4, 0.5) is 5.69 Å². The maximum atomic E-state index is 11.5. The number of aliphatic hydroxyl groups is 1. The SMILES string of the molecule is C=C[C@H](C)[C@@H](O)C(=O)Nc1ccccc1. The van der Waals surface area contributed by atoms with E-state index in [9.17, 15) is 9.90 Å². The highest BCUT2D eigenvalue weighted by atomic mass is 16.3. The first-order chi connectivity index (χ1) is 7.15. The zero-order valence-corrected chi connectivity index (χ0v) is 8.68. The number of rotatable bonds is 4. The van der Waals surface area contributed by atoms with Crippen molar-refractivity contribution in [3.63, 3.8) is 0 Å². The second-order valence-corrected chi connectivity index (χ2v) is 3.39. The van der Waals surface area contributed by atoms with Crippen molar-refractivity contribution in [1.29, 1.82) is 0 Å². The van der Waals surface area contributed by atoms with Crippen molar-refractivity contribution in [2.45, 2.75) is 13.0 Å². The van der Waals surface area contributed by atoms with Crippen LogP contribution in [0.3, 0.4) is 0 Å². The summed E-state index contributed by atoms with van der Waals surface area (Å²) in [6, 6.07) is 9.03. The molecule has 0 radical (unpaired) electrons. The summed E-state index contributed by atoms with van der Waals surface area (Å²) in [7, 11) is 0.